The van der Waals surface area contributed by atoms with Crippen LogP contribution in [0.25, 0.3) is 0 Å². The molecule has 1 aliphatic rings. The maximum absolute atomic E-state index is 11.9. The highest BCUT2D eigenvalue weighted by atomic mass is 16.6. The lowest BCUT2D eigenvalue weighted by Crippen LogP contribution is -2.43. The molecule has 0 bridgehead atoms. The van der Waals surface area contributed by atoms with Gasteiger partial charge in [0.15, 0.2) is 0 Å². The average Bonchev–Trinajstić information content (AvgIpc) is 2.54. The molecule has 0 radical (unpaired) electrons. The molecule has 0 amide bonds. The number of hydrogen-bond donors (Lipinski definition) is 1. The molecule has 0 heterocycles. The molecule has 1 aliphatic carbocycles. The predicted octanol–water partition coefficient (Wildman–Crippen LogP) is 3.29. The Balaban J connectivity index is 2.06. The van der Waals surface area contributed by atoms with Crippen LogP contribution in [0, 0.1) is 5.92 Å². The molecule has 122 valence electrons. The van der Waals surface area contributed by atoms with Gasteiger partial charge in [0.2, 0.25) is 0 Å². The lowest BCUT2D eigenvalue weighted by molar-refractivity contribution is -0.159. The highest BCUT2D eigenvalue weighted by molar-refractivity contribution is 5.75. The van der Waals surface area contributed by atoms with Gasteiger partial charge in [0, 0.05) is 0 Å². The number of ether oxygens (including phenoxy) is 2. The Labute approximate surface area is 133 Å². The highest BCUT2D eigenvalue weighted by Crippen LogP contribution is 2.31. The Bertz CT molecular complexity index is 455. The highest BCUT2D eigenvalue weighted by Gasteiger charge is 2.33. The van der Waals surface area contributed by atoms with Crippen molar-refractivity contribution in [3.05, 3.63) is 30.3 Å². The summed E-state index contributed by atoms with van der Waals surface area (Å²) in [4.78, 5) is 11.9. The first-order valence-electron chi connectivity index (χ1n) is 8.25. The summed E-state index contributed by atoms with van der Waals surface area (Å²) >= 11 is 0. The number of para-hydroxylation sites is 1. The number of esters is 1. The molecule has 0 aromatic heterocycles. The van der Waals surface area contributed by atoms with E-state index in [-0.39, 0.29) is 18.2 Å². The summed E-state index contributed by atoms with van der Waals surface area (Å²) in [7, 11) is 0. The van der Waals surface area contributed by atoms with Crippen molar-refractivity contribution in [2.75, 3.05) is 0 Å². The van der Waals surface area contributed by atoms with Crippen molar-refractivity contribution < 1.29 is 14.3 Å². The predicted molar refractivity (Wildman–Crippen MR) is 86.6 cm³/mol. The monoisotopic (exact) mass is 305 g/mol. The molecule has 1 saturated carbocycles. The zero-order valence-electron chi connectivity index (χ0n) is 13.5. The van der Waals surface area contributed by atoms with Gasteiger partial charge in [0.05, 0.1) is 0 Å². The second-order valence-corrected chi connectivity index (χ2v) is 6.22. The van der Waals surface area contributed by atoms with Crippen molar-refractivity contribution in [3.63, 3.8) is 0 Å². The lowest BCUT2D eigenvalue weighted by atomic mass is 9.83. The molecule has 1 aromatic rings. The molecular formula is C18H27NO3. The maximum Gasteiger partial charge on any atom is 0.323 e. The molecular weight excluding hydrogens is 278 g/mol. The number of nitrogens with two attached hydrogens (primary N) is 1. The van der Waals surface area contributed by atoms with Crippen molar-refractivity contribution in [2.45, 2.75) is 64.2 Å². The van der Waals surface area contributed by atoms with E-state index in [2.05, 4.69) is 0 Å². The van der Waals surface area contributed by atoms with Gasteiger partial charge in [-0.3, -0.25) is 4.79 Å². The van der Waals surface area contributed by atoms with Gasteiger partial charge in [-0.2, -0.15) is 0 Å². The minimum absolute atomic E-state index is 0.187. The second-order valence-electron chi connectivity index (χ2n) is 6.22. The summed E-state index contributed by atoms with van der Waals surface area (Å²) in [6, 6.07) is 9.06. The normalized spacial score (nSPS) is 20.0. The van der Waals surface area contributed by atoms with Crippen molar-refractivity contribution >= 4 is 5.97 Å². The Morgan fingerprint density at radius 3 is 2.36 bits per heavy atom. The van der Waals surface area contributed by atoms with Gasteiger partial charge in [0.1, 0.15) is 24.0 Å². The van der Waals surface area contributed by atoms with Gasteiger partial charge >= 0.3 is 5.97 Å². The summed E-state index contributed by atoms with van der Waals surface area (Å²) in [5.41, 5.74) is 5.65. The largest absolute Gasteiger partial charge is 0.487 e. The molecule has 3 atom stereocenters. The SMILES string of the molecule is C[C@H](N)C(=O)O[C@@H](C1CCCCC1)[C@H](C)Oc1ccccc1. The molecule has 1 aromatic carbocycles. The van der Waals surface area contributed by atoms with Gasteiger partial charge < -0.3 is 15.2 Å². The van der Waals surface area contributed by atoms with Crippen LogP contribution in [0.2, 0.25) is 0 Å². The minimum Gasteiger partial charge on any atom is -0.487 e. The van der Waals surface area contributed by atoms with E-state index < -0.39 is 6.04 Å². The molecule has 2 N–H and O–H groups in total. The molecule has 2 rings (SSSR count). The average molecular weight is 305 g/mol. The maximum atomic E-state index is 11.9. The number of hydrogen-bond acceptors (Lipinski definition) is 4. The first-order valence-corrected chi connectivity index (χ1v) is 8.25. The van der Waals surface area contributed by atoms with Crippen LogP contribution < -0.4 is 10.5 Å². The number of benzene rings is 1. The molecule has 0 spiro atoms. The van der Waals surface area contributed by atoms with Gasteiger partial charge in [-0.15, -0.1) is 0 Å². The molecule has 0 unspecified atom stereocenters. The molecule has 22 heavy (non-hydrogen) atoms. The number of carbonyl (C=O) groups excluding carboxylic acids is 1. The minimum atomic E-state index is -0.602. The van der Waals surface area contributed by atoms with Crippen LogP contribution in [-0.4, -0.2) is 24.2 Å². The smallest absolute Gasteiger partial charge is 0.323 e. The Morgan fingerprint density at radius 1 is 1.14 bits per heavy atom. The van der Waals surface area contributed by atoms with Crippen LogP contribution in [0.3, 0.4) is 0 Å². The fraction of sp³-hybridized carbons (Fsp3) is 0.611. The molecule has 4 nitrogen and oxygen atoms in total. The first kappa shape index (κ1) is 16.8. The fourth-order valence-corrected chi connectivity index (χ4v) is 3.06. The van der Waals surface area contributed by atoms with Gasteiger partial charge in [-0.1, -0.05) is 37.5 Å². The van der Waals surface area contributed by atoms with Crippen LogP contribution in [0.1, 0.15) is 46.0 Å². The van der Waals surface area contributed by atoms with E-state index in [1.807, 2.05) is 37.3 Å². The third-order valence-corrected chi connectivity index (χ3v) is 4.27. The molecule has 4 heteroatoms. The Hall–Kier alpha value is -1.55. The standard InChI is InChI=1S/C18H27NO3/c1-13(19)18(20)22-17(15-9-5-3-6-10-15)14(2)21-16-11-7-4-8-12-16/h4,7-8,11-15,17H,3,5-6,9-10,19H2,1-2H3/t13-,14-,17+/m0/s1. The van der Waals surface area contributed by atoms with E-state index >= 15 is 0 Å². The van der Waals surface area contributed by atoms with Crippen LogP contribution in [0.5, 0.6) is 5.75 Å². The zero-order chi connectivity index (χ0) is 15.9. The van der Waals surface area contributed by atoms with Gasteiger partial charge in [-0.25, -0.2) is 0 Å². The van der Waals surface area contributed by atoms with E-state index in [0.717, 1.165) is 18.6 Å². The van der Waals surface area contributed by atoms with E-state index in [1.54, 1.807) is 6.92 Å². The second kappa shape index (κ2) is 8.18. The first-order chi connectivity index (χ1) is 10.6. The summed E-state index contributed by atoms with van der Waals surface area (Å²) in [6.07, 6.45) is 5.38. The van der Waals surface area contributed by atoms with Gasteiger partial charge in [-0.05, 0) is 44.7 Å². The number of rotatable bonds is 6. The van der Waals surface area contributed by atoms with E-state index in [4.69, 9.17) is 15.2 Å². The summed E-state index contributed by atoms with van der Waals surface area (Å²) in [5, 5.41) is 0. The quantitative estimate of drug-likeness (QED) is 0.819. The van der Waals surface area contributed by atoms with E-state index in [0.29, 0.717) is 5.92 Å². The van der Waals surface area contributed by atoms with Crippen LogP contribution in [0.15, 0.2) is 30.3 Å². The van der Waals surface area contributed by atoms with Crippen LogP contribution in [-0.2, 0) is 9.53 Å². The molecule has 0 saturated heterocycles. The van der Waals surface area contributed by atoms with Crippen LogP contribution >= 0.6 is 0 Å². The zero-order valence-corrected chi connectivity index (χ0v) is 13.5. The Morgan fingerprint density at radius 2 is 1.77 bits per heavy atom. The molecule has 0 aliphatic heterocycles. The fourth-order valence-electron chi connectivity index (χ4n) is 3.06. The third kappa shape index (κ3) is 4.73. The molecule has 1 fully saturated rings. The summed E-state index contributed by atoms with van der Waals surface area (Å²) in [6.45, 7) is 3.63. The topological polar surface area (TPSA) is 61.6 Å². The van der Waals surface area contributed by atoms with Crippen molar-refractivity contribution in [1.82, 2.24) is 0 Å². The van der Waals surface area contributed by atoms with Crippen molar-refractivity contribution in [2.24, 2.45) is 11.7 Å². The van der Waals surface area contributed by atoms with Crippen molar-refractivity contribution in [3.8, 4) is 5.75 Å². The van der Waals surface area contributed by atoms with Gasteiger partial charge in [0.25, 0.3) is 0 Å². The Kier molecular flexibility index (Phi) is 6.25. The third-order valence-electron chi connectivity index (χ3n) is 4.27. The summed E-state index contributed by atoms with van der Waals surface area (Å²) in [5.74, 6) is 0.807. The van der Waals surface area contributed by atoms with Crippen LogP contribution in [0.4, 0.5) is 0 Å². The van der Waals surface area contributed by atoms with Crippen molar-refractivity contribution in [1.29, 1.82) is 0 Å². The lowest BCUT2D eigenvalue weighted by Gasteiger charge is -2.34. The summed E-state index contributed by atoms with van der Waals surface area (Å²) < 4.78 is 11.7. The number of carbonyl (C=O) groups is 1. The van der Waals surface area contributed by atoms with E-state index in [1.165, 1.54) is 19.3 Å². The van der Waals surface area contributed by atoms with E-state index in [9.17, 15) is 4.79 Å².